The van der Waals surface area contributed by atoms with E-state index in [9.17, 15) is 0 Å². The van der Waals surface area contributed by atoms with E-state index < -0.39 is 0 Å². The molecule has 0 aromatic heterocycles. The van der Waals surface area contributed by atoms with Crippen LogP contribution in [-0.2, 0) is 39.1 Å². The fourth-order valence-electron chi connectivity index (χ4n) is 1.55. The first-order valence-corrected chi connectivity index (χ1v) is 4.86. The average molecular weight is 270 g/mol. The van der Waals surface area contributed by atoms with Gasteiger partial charge < -0.3 is 0 Å². The molecule has 0 atom stereocenters. The van der Waals surface area contributed by atoms with Crippen molar-refractivity contribution in [3.8, 4) is 0 Å². The van der Waals surface area contributed by atoms with Crippen LogP contribution in [0.4, 0.5) is 0 Å². The fraction of sp³-hybridized carbons (Fsp3) is 0.143. The largest absolute Gasteiger partial charge is 3.00 e. The molecule has 2 aromatic carbocycles. The van der Waals surface area contributed by atoms with E-state index in [1.54, 1.807) is 0 Å². The Kier molecular flexibility index (Phi) is 5.21. The zero-order chi connectivity index (χ0) is 9.80. The Labute approximate surface area is 117 Å². The molecule has 70 valence electrons. The standard InChI is InChI=1S/C14H13.Y/c1-12-7-5-6-10-14(12)11-13-8-3-2-4-9-13;/h2-8,10H,11H2,1H3;/q-1;+3. The van der Waals surface area contributed by atoms with Crippen LogP contribution in [0.25, 0.3) is 0 Å². The van der Waals surface area contributed by atoms with Crippen molar-refractivity contribution in [1.82, 2.24) is 0 Å². The van der Waals surface area contributed by atoms with Gasteiger partial charge in [0.25, 0.3) is 0 Å². The summed E-state index contributed by atoms with van der Waals surface area (Å²) in [6.45, 7) is 2.15. The van der Waals surface area contributed by atoms with Crippen molar-refractivity contribution in [2.75, 3.05) is 0 Å². The molecule has 1 heteroatoms. The molecule has 0 aliphatic carbocycles. The molecule has 2 aromatic rings. The minimum Gasteiger partial charge on any atom is -0.180 e. The molecule has 0 amide bonds. The Morgan fingerprint density at radius 2 is 1.73 bits per heavy atom. The molecule has 0 spiro atoms. The van der Waals surface area contributed by atoms with Gasteiger partial charge in [-0.05, 0) is 24.5 Å². The third-order valence-electron chi connectivity index (χ3n) is 2.42. The van der Waals surface area contributed by atoms with Crippen LogP contribution in [0.2, 0.25) is 0 Å². The number of rotatable bonds is 2. The molecule has 0 fully saturated rings. The Morgan fingerprint density at radius 3 is 2.40 bits per heavy atom. The molecule has 0 radical (unpaired) electrons. The molecule has 0 nitrogen and oxygen atoms in total. The summed E-state index contributed by atoms with van der Waals surface area (Å²) in [5.74, 6) is 0. The maximum Gasteiger partial charge on any atom is 3.00 e. The maximum absolute atomic E-state index is 3.24. The van der Waals surface area contributed by atoms with Crippen molar-refractivity contribution in [2.45, 2.75) is 13.3 Å². The quantitative estimate of drug-likeness (QED) is 0.734. The van der Waals surface area contributed by atoms with Crippen molar-refractivity contribution >= 4 is 0 Å². The summed E-state index contributed by atoms with van der Waals surface area (Å²) in [5.41, 5.74) is 3.99. The second-order valence-corrected chi connectivity index (χ2v) is 3.49. The Hall–Kier alpha value is -0.456. The topological polar surface area (TPSA) is 0 Å². The van der Waals surface area contributed by atoms with Gasteiger partial charge in [-0.25, -0.2) is 0 Å². The van der Waals surface area contributed by atoms with E-state index in [1.807, 2.05) is 12.1 Å². The van der Waals surface area contributed by atoms with Gasteiger partial charge in [-0.3, -0.25) is 0 Å². The second-order valence-electron chi connectivity index (χ2n) is 3.49. The van der Waals surface area contributed by atoms with Crippen LogP contribution < -0.4 is 0 Å². The molecular weight excluding hydrogens is 257 g/mol. The van der Waals surface area contributed by atoms with E-state index in [0.29, 0.717) is 0 Å². The second kappa shape index (κ2) is 6.20. The molecule has 0 heterocycles. The Bertz CT molecular complexity index is 407. The van der Waals surface area contributed by atoms with E-state index >= 15 is 0 Å². The van der Waals surface area contributed by atoms with Crippen molar-refractivity contribution in [1.29, 1.82) is 0 Å². The van der Waals surface area contributed by atoms with Gasteiger partial charge in [0.15, 0.2) is 0 Å². The van der Waals surface area contributed by atoms with Gasteiger partial charge in [-0.2, -0.15) is 35.9 Å². The average Bonchev–Trinajstić information content (AvgIpc) is 2.23. The van der Waals surface area contributed by atoms with Gasteiger partial charge in [0.2, 0.25) is 0 Å². The van der Waals surface area contributed by atoms with Gasteiger partial charge in [0.1, 0.15) is 0 Å². The SMILES string of the molecule is Cc1ccccc1Cc1[c-]cccc1.[Y+3]. The summed E-state index contributed by atoms with van der Waals surface area (Å²) in [6.07, 6.45) is 0.980. The van der Waals surface area contributed by atoms with Gasteiger partial charge in [0, 0.05) is 0 Å². The zero-order valence-corrected chi connectivity index (χ0v) is 11.7. The summed E-state index contributed by atoms with van der Waals surface area (Å²) >= 11 is 0. The van der Waals surface area contributed by atoms with Gasteiger partial charge in [-0.1, -0.05) is 24.3 Å². The molecule has 0 unspecified atom stereocenters. The van der Waals surface area contributed by atoms with E-state index in [1.165, 1.54) is 16.7 Å². The molecule has 0 N–H and O–H groups in total. The summed E-state index contributed by atoms with van der Waals surface area (Å²) in [5, 5.41) is 0. The minimum absolute atomic E-state index is 0. The maximum atomic E-state index is 3.24. The van der Waals surface area contributed by atoms with Crippen LogP contribution in [0.5, 0.6) is 0 Å². The van der Waals surface area contributed by atoms with E-state index in [-0.39, 0.29) is 32.7 Å². The summed E-state index contributed by atoms with van der Waals surface area (Å²) < 4.78 is 0. The zero-order valence-electron chi connectivity index (χ0n) is 8.90. The molecule has 0 aliphatic rings. The molecule has 15 heavy (non-hydrogen) atoms. The predicted molar refractivity (Wildman–Crippen MR) is 59.3 cm³/mol. The summed E-state index contributed by atoms with van der Waals surface area (Å²) in [6, 6.07) is 19.9. The first kappa shape index (κ1) is 12.6. The number of benzene rings is 2. The molecule has 0 saturated carbocycles. The Balaban J connectivity index is 0.00000112. The van der Waals surface area contributed by atoms with Crippen molar-refractivity contribution in [2.24, 2.45) is 0 Å². The molecule has 2 rings (SSSR count). The van der Waals surface area contributed by atoms with Crippen LogP contribution in [0.15, 0.2) is 48.5 Å². The van der Waals surface area contributed by atoms with Gasteiger partial charge >= 0.3 is 32.7 Å². The number of aryl methyl sites for hydroxylation is 1. The van der Waals surface area contributed by atoms with Crippen LogP contribution >= 0.6 is 0 Å². The monoisotopic (exact) mass is 270 g/mol. The Morgan fingerprint density at radius 1 is 1.00 bits per heavy atom. The van der Waals surface area contributed by atoms with Crippen LogP contribution in [0, 0.1) is 13.0 Å². The smallest absolute Gasteiger partial charge is 0.180 e. The van der Waals surface area contributed by atoms with Crippen LogP contribution in [-0.4, -0.2) is 0 Å². The number of hydrogen-bond acceptors (Lipinski definition) is 0. The summed E-state index contributed by atoms with van der Waals surface area (Å²) in [7, 11) is 0. The first-order chi connectivity index (χ1) is 6.86. The molecular formula is C14H13Y+2. The third kappa shape index (κ3) is 3.55. The first-order valence-electron chi connectivity index (χ1n) is 4.86. The predicted octanol–water partition coefficient (Wildman–Crippen LogP) is 3.38. The fourth-order valence-corrected chi connectivity index (χ4v) is 1.55. The summed E-state index contributed by atoms with van der Waals surface area (Å²) in [4.78, 5) is 0. The molecule has 0 aliphatic heterocycles. The normalized spacial score (nSPS) is 9.40. The van der Waals surface area contributed by atoms with Crippen molar-refractivity contribution < 1.29 is 32.7 Å². The van der Waals surface area contributed by atoms with Gasteiger partial charge in [-0.15, -0.1) is 0 Å². The van der Waals surface area contributed by atoms with Crippen LogP contribution in [0.1, 0.15) is 16.7 Å². The van der Waals surface area contributed by atoms with Crippen LogP contribution in [0.3, 0.4) is 0 Å². The van der Waals surface area contributed by atoms with Crippen molar-refractivity contribution in [3.63, 3.8) is 0 Å². The minimum atomic E-state index is 0. The van der Waals surface area contributed by atoms with E-state index in [4.69, 9.17) is 0 Å². The van der Waals surface area contributed by atoms with Gasteiger partial charge in [0.05, 0.1) is 0 Å². The van der Waals surface area contributed by atoms with E-state index in [0.717, 1.165) is 6.42 Å². The van der Waals surface area contributed by atoms with E-state index in [2.05, 4.69) is 49.4 Å². The van der Waals surface area contributed by atoms with Crippen molar-refractivity contribution in [3.05, 3.63) is 71.3 Å². The number of hydrogen-bond donors (Lipinski definition) is 0. The third-order valence-corrected chi connectivity index (χ3v) is 2.42. The molecule has 0 saturated heterocycles. The molecule has 0 bridgehead atoms.